The van der Waals surface area contributed by atoms with E-state index < -0.39 is 5.60 Å². The van der Waals surface area contributed by atoms with Gasteiger partial charge in [-0.2, -0.15) is 0 Å². The second-order valence-electron chi connectivity index (χ2n) is 5.67. The van der Waals surface area contributed by atoms with E-state index in [0.29, 0.717) is 11.0 Å². The van der Waals surface area contributed by atoms with Crippen LogP contribution in [-0.4, -0.2) is 33.6 Å². The normalized spacial score (nSPS) is 24.4. The molecule has 1 aliphatic heterocycles. The minimum atomic E-state index is -0.583. The number of aliphatic hydroxyl groups is 1. The molecular weight excluding hydrogens is 324 g/mol. The first-order valence-corrected chi connectivity index (χ1v) is 7.54. The number of nitrogens with zero attached hydrogens (tertiary/aromatic N) is 2. The fraction of sp³-hybridized carbons (Fsp3) is 0.571. The highest BCUT2D eigenvalue weighted by Gasteiger charge is 2.25. The van der Waals surface area contributed by atoms with E-state index in [2.05, 4.69) is 20.8 Å². The quantitative estimate of drug-likeness (QED) is 0.677. The lowest BCUT2D eigenvalue weighted by molar-refractivity contribution is -0.385. The van der Waals surface area contributed by atoms with Crippen molar-refractivity contribution in [3.63, 3.8) is 0 Å². The van der Waals surface area contributed by atoms with Crippen LogP contribution in [0.25, 0.3) is 0 Å². The van der Waals surface area contributed by atoms with Gasteiger partial charge in [0.05, 0.1) is 15.0 Å². The zero-order valence-corrected chi connectivity index (χ0v) is 13.1. The predicted octanol–water partition coefficient (Wildman–Crippen LogP) is 3.09. The highest BCUT2D eigenvalue weighted by Crippen LogP contribution is 2.27. The fourth-order valence-corrected chi connectivity index (χ4v) is 2.92. The summed E-state index contributed by atoms with van der Waals surface area (Å²) in [4.78, 5) is 12.8. The van der Waals surface area contributed by atoms with Crippen LogP contribution < -0.4 is 0 Å². The van der Waals surface area contributed by atoms with Crippen LogP contribution >= 0.6 is 15.9 Å². The van der Waals surface area contributed by atoms with Gasteiger partial charge in [-0.3, -0.25) is 15.0 Å². The highest BCUT2D eigenvalue weighted by molar-refractivity contribution is 9.10. The summed E-state index contributed by atoms with van der Waals surface area (Å²) in [6.07, 6.45) is 2.50. The highest BCUT2D eigenvalue weighted by atomic mass is 79.9. The second kappa shape index (κ2) is 6.20. The Hall–Kier alpha value is -0.980. The third-order valence-electron chi connectivity index (χ3n) is 3.77. The number of nitro benzene ring substituents is 1. The van der Waals surface area contributed by atoms with Crippen LogP contribution in [0.3, 0.4) is 0 Å². The van der Waals surface area contributed by atoms with Crippen LogP contribution in [-0.2, 0) is 6.54 Å². The van der Waals surface area contributed by atoms with Crippen molar-refractivity contribution in [2.75, 3.05) is 13.1 Å². The molecule has 1 aromatic carbocycles. The van der Waals surface area contributed by atoms with Crippen molar-refractivity contribution < 1.29 is 10.0 Å². The van der Waals surface area contributed by atoms with E-state index in [1.165, 1.54) is 0 Å². The molecule has 0 amide bonds. The first-order chi connectivity index (χ1) is 9.37. The molecular formula is C14H19BrN2O3. The van der Waals surface area contributed by atoms with Gasteiger partial charge in [-0.1, -0.05) is 6.07 Å². The first-order valence-electron chi connectivity index (χ1n) is 6.75. The Kier molecular flexibility index (Phi) is 4.78. The summed E-state index contributed by atoms with van der Waals surface area (Å²) in [5.41, 5.74) is 0.450. The van der Waals surface area contributed by atoms with E-state index >= 15 is 0 Å². The van der Waals surface area contributed by atoms with Gasteiger partial charge in [0.2, 0.25) is 0 Å². The maximum absolute atomic E-state index is 10.9. The number of halogens is 1. The van der Waals surface area contributed by atoms with Crippen LogP contribution in [0, 0.1) is 10.1 Å². The van der Waals surface area contributed by atoms with Gasteiger partial charge in [0.1, 0.15) is 0 Å². The predicted molar refractivity (Wildman–Crippen MR) is 80.5 cm³/mol. The van der Waals surface area contributed by atoms with E-state index in [4.69, 9.17) is 0 Å². The van der Waals surface area contributed by atoms with Crippen molar-refractivity contribution in [3.8, 4) is 0 Å². The molecule has 20 heavy (non-hydrogen) atoms. The molecule has 0 bridgehead atoms. The Morgan fingerprint density at radius 1 is 1.45 bits per heavy atom. The van der Waals surface area contributed by atoms with Crippen molar-refractivity contribution >= 4 is 21.6 Å². The van der Waals surface area contributed by atoms with Crippen molar-refractivity contribution in [1.82, 2.24) is 4.90 Å². The average Bonchev–Trinajstić information content (AvgIpc) is 2.53. The molecule has 1 unspecified atom stereocenters. The minimum Gasteiger partial charge on any atom is -0.390 e. The fourth-order valence-electron chi connectivity index (χ4n) is 2.53. The molecule has 5 nitrogen and oxygen atoms in total. The first kappa shape index (κ1) is 15.4. The summed E-state index contributed by atoms with van der Waals surface area (Å²) in [7, 11) is 0. The monoisotopic (exact) mass is 342 g/mol. The van der Waals surface area contributed by atoms with Gasteiger partial charge >= 0.3 is 0 Å². The molecule has 0 saturated carbocycles. The zero-order valence-electron chi connectivity index (χ0n) is 11.5. The molecule has 0 spiro atoms. The molecule has 0 aromatic heterocycles. The largest absolute Gasteiger partial charge is 0.390 e. The molecule has 0 aliphatic carbocycles. The molecule has 2 rings (SSSR count). The molecule has 1 aromatic rings. The molecule has 0 radical (unpaired) electrons. The average molecular weight is 343 g/mol. The van der Waals surface area contributed by atoms with Gasteiger partial charge in [0, 0.05) is 19.2 Å². The van der Waals surface area contributed by atoms with Gasteiger partial charge in [0.15, 0.2) is 0 Å². The van der Waals surface area contributed by atoms with Gasteiger partial charge < -0.3 is 5.11 Å². The van der Waals surface area contributed by atoms with Crippen LogP contribution in [0.2, 0.25) is 0 Å². The van der Waals surface area contributed by atoms with Crippen LogP contribution in [0.5, 0.6) is 0 Å². The standard InChI is InChI=1S/C14H19BrN2O3/c1-14(18)5-2-7-16(8-6-14)10-11-3-4-12(15)13(9-11)17(19)20/h3-4,9,18H,2,5-8,10H2,1H3. The van der Waals surface area contributed by atoms with Gasteiger partial charge in [-0.25, -0.2) is 0 Å². The van der Waals surface area contributed by atoms with Crippen molar-refractivity contribution in [3.05, 3.63) is 38.3 Å². The van der Waals surface area contributed by atoms with E-state index in [9.17, 15) is 15.2 Å². The maximum Gasteiger partial charge on any atom is 0.283 e. The number of rotatable bonds is 3. The molecule has 1 fully saturated rings. The Bertz CT molecular complexity index is 505. The Morgan fingerprint density at radius 3 is 2.90 bits per heavy atom. The van der Waals surface area contributed by atoms with Crippen LogP contribution in [0.1, 0.15) is 31.7 Å². The van der Waals surface area contributed by atoms with Crippen LogP contribution in [0.15, 0.2) is 22.7 Å². The second-order valence-corrected chi connectivity index (χ2v) is 6.52. The SMILES string of the molecule is CC1(O)CCCN(Cc2ccc(Br)c([N+](=O)[O-])c2)CC1. The summed E-state index contributed by atoms with van der Waals surface area (Å²) in [6.45, 7) is 4.29. The number of benzene rings is 1. The molecule has 110 valence electrons. The lowest BCUT2D eigenvalue weighted by atomic mass is 9.98. The topological polar surface area (TPSA) is 66.6 Å². The summed E-state index contributed by atoms with van der Waals surface area (Å²) in [5.74, 6) is 0. The molecule has 1 atom stereocenters. The summed E-state index contributed by atoms with van der Waals surface area (Å²) >= 11 is 3.20. The summed E-state index contributed by atoms with van der Waals surface area (Å²) < 4.78 is 0.505. The Labute approximate surface area is 126 Å². The Morgan fingerprint density at radius 2 is 2.20 bits per heavy atom. The van der Waals surface area contributed by atoms with Crippen molar-refractivity contribution in [2.24, 2.45) is 0 Å². The zero-order chi connectivity index (χ0) is 14.8. The van der Waals surface area contributed by atoms with E-state index in [-0.39, 0.29) is 10.6 Å². The van der Waals surface area contributed by atoms with Gasteiger partial charge in [-0.05, 0) is 60.3 Å². The van der Waals surface area contributed by atoms with Crippen LogP contribution in [0.4, 0.5) is 5.69 Å². The Balaban J connectivity index is 2.06. The number of hydrogen-bond donors (Lipinski definition) is 1. The summed E-state index contributed by atoms with van der Waals surface area (Å²) in [6, 6.07) is 5.24. The number of likely N-dealkylation sites (tertiary alicyclic amines) is 1. The minimum absolute atomic E-state index is 0.101. The molecule has 1 heterocycles. The maximum atomic E-state index is 10.9. The summed E-state index contributed by atoms with van der Waals surface area (Å²) in [5, 5.41) is 21.0. The number of hydrogen-bond acceptors (Lipinski definition) is 4. The molecule has 1 aliphatic rings. The van der Waals surface area contributed by atoms with E-state index in [1.807, 2.05) is 13.0 Å². The number of nitro groups is 1. The lowest BCUT2D eigenvalue weighted by Gasteiger charge is -2.22. The molecule has 1 N–H and O–H groups in total. The van der Waals surface area contributed by atoms with Crippen molar-refractivity contribution in [1.29, 1.82) is 0 Å². The van der Waals surface area contributed by atoms with Crippen molar-refractivity contribution in [2.45, 2.75) is 38.3 Å². The smallest absolute Gasteiger partial charge is 0.283 e. The molecule has 6 heteroatoms. The third kappa shape index (κ3) is 4.01. The van der Waals surface area contributed by atoms with Gasteiger partial charge in [-0.15, -0.1) is 0 Å². The van der Waals surface area contributed by atoms with E-state index in [1.54, 1.807) is 12.1 Å². The third-order valence-corrected chi connectivity index (χ3v) is 4.44. The van der Waals surface area contributed by atoms with E-state index in [0.717, 1.165) is 37.9 Å². The van der Waals surface area contributed by atoms with Gasteiger partial charge in [0.25, 0.3) is 5.69 Å². The lowest BCUT2D eigenvalue weighted by Crippen LogP contribution is -2.28. The molecule has 1 saturated heterocycles.